The van der Waals surface area contributed by atoms with Crippen molar-refractivity contribution >= 4 is 27.3 Å². The van der Waals surface area contributed by atoms with E-state index in [9.17, 15) is 0 Å². The van der Waals surface area contributed by atoms with Crippen LogP contribution in [0, 0.1) is 6.92 Å². The highest BCUT2D eigenvalue weighted by Crippen LogP contribution is 2.16. The van der Waals surface area contributed by atoms with Crippen molar-refractivity contribution in [2.24, 2.45) is 0 Å². The molecular formula is C12H14BrN3S. The molecular weight excluding hydrogens is 298 g/mol. The van der Waals surface area contributed by atoms with Crippen LogP contribution in [-0.2, 0) is 6.54 Å². The Morgan fingerprint density at radius 2 is 2.29 bits per heavy atom. The molecule has 0 unspecified atom stereocenters. The maximum atomic E-state index is 4.44. The highest BCUT2D eigenvalue weighted by molar-refractivity contribution is 9.10. The molecule has 1 N–H and O–H groups in total. The molecule has 17 heavy (non-hydrogen) atoms. The summed E-state index contributed by atoms with van der Waals surface area (Å²) >= 11 is 5.07. The molecule has 0 aromatic carbocycles. The zero-order chi connectivity index (χ0) is 12.3. The third-order valence-corrected chi connectivity index (χ3v) is 3.97. The lowest BCUT2D eigenvalue weighted by molar-refractivity contribution is 0.563. The summed E-state index contributed by atoms with van der Waals surface area (Å²) in [6.45, 7) is 4.99. The molecule has 2 aromatic heterocycles. The van der Waals surface area contributed by atoms with E-state index in [1.54, 1.807) is 11.3 Å². The molecule has 2 heterocycles. The summed E-state index contributed by atoms with van der Waals surface area (Å²) in [5.41, 5.74) is 4.03. The average Bonchev–Trinajstić information content (AvgIpc) is 2.72. The molecule has 0 radical (unpaired) electrons. The molecule has 2 rings (SSSR count). The zero-order valence-corrected chi connectivity index (χ0v) is 12.2. The number of thiazole rings is 1. The topological polar surface area (TPSA) is 37.8 Å². The minimum absolute atomic E-state index is 0.231. The van der Waals surface area contributed by atoms with E-state index in [2.05, 4.69) is 38.1 Å². The molecule has 90 valence electrons. The number of pyridine rings is 1. The van der Waals surface area contributed by atoms with Gasteiger partial charge in [0.15, 0.2) is 0 Å². The van der Waals surface area contributed by atoms with Crippen LogP contribution in [0.2, 0.25) is 0 Å². The van der Waals surface area contributed by atoms with Crippen LogP contribution in [0.1, 0.15) is 29.2 Å². The van der Waals surface area contributed by atoms with Crippen molar-refractivity contribution in [1.29, 1.82) is 0 Å². The molecule has 2 aromatic rings. The van der Waals surface area contributed by atoms with Gasteiger partial charge in [0, 0.05) is 17.5 Å². The van der Waals surface area contributed by atoms with Gasteiger partial charge in [0.05, 0.1) is 16.9 Å². The van der Waals surface area contributed by atoms with Crippen LogP contribution in [-0.4, -0.2) is 9.97 Å². The van der Waals surface area contributed by atoms with Crippen molar-refractivity contribution in [3.05, 3.63) is 44.6 Å². The van der Waals surface area contributed by atoms with Gasteiger partial charge in [-0.15, -0.1) is 11.3 Å². The summed E-state index contributed by atoms with van der Waals surface area (Å²) < 4.78 is 0.873. The number of aryl methyl sites for hydroxylation is 1. The number of hydrogen-bond donors (Lipinski definition) is 1. The zero-order valence-electron chi connectivity index (χ0n) is 9.77. The van der Waals surface area contributed by atoms with Crippen molar-refractivity contribution in [2.45, 2.75) is 26.4 Å². The summed E-state index contributed by atoms with van der Waals surface area (Å²) in [7, 11) is 0. The lowest BCUT2D eigenvalue weighted by Gasteiger charge is -2.12. The number of nitrogens with zero attached hydrogens (tertiary/aromatic N) is 2. The Hall–Kier alpha value is -0.780. The Morgan fingerprint density at radius 1 is 1.47 bits per heavy atom. The van der Waals surface area contributed by atoms with Crippen molar-refractivity contribution < 1.29 is 0 Å². The van der Waals surface area contributed by atoms with E-state index < -0.39 is 0 Å². The Morgan fingerprint density at radius 3 is 2.94 bits per heavy atom. The predicted octanol–water partition coefficient (Wildman–Crippen LogP) is 3.46. The van der Waals surface area contributed by atoms with Crippen LogP contribution in [0.5, 0.6) is 0 Å². The molecule has 5 heteroatoms. The smallest absolute Gasteiger partial charge is 0.106 e. The molecule has 0 aliphatic carbocycles. The standard InChI is InChI=1S/C12H14BrN3S/c1-8(10-4-3-5-12(13)16-10)14-6-11-9(2)15-7-17-11/h3-5,7-8,14H,6H2,1-2H3/t8-/m1/s1. The van der Waals surface area contributed by atoms with Crippen LogP contribution >= 0.6 is 27.3 Å². The monoisotopic (exact) mass is 311 g/mol. The molecule has 0 saturated carbocycles. The summed E-state index contributed by atoms with van der Waals surface area (Å²) in [5, 5.41) is 3.46. The van der Waals surface area contributed by atoms with Gasteiger partial charge in [-0.3, -0.25) is 0 Å². The second-order valence-corrected chi connectivity index (χ2v) is 5.60. The minimum atomic E-state index is 0.231. The van der Waals surface area contributed by atoms with E-state index in [0.29, 0.717) is 0 Å². The highest BCUT2D eigenvalue weighted by atomic mass is 79.9. The molecule has 1 atom stereocenters. The molecule has 0 aliphatic heterocycles. The van der Waals surface area contributed by atoms with E-state index >= 15 is 0 Å². The van der Waals surface area contributed by atoms with E-state index in [1.165, 1.54) is 4.88 Å². The van der Waals surface area contributed by atoms with Gasteiger partial charge in [0.1, 0.15) is 4.60 Å². The molecule has 0 saturated heterocycles. The van der Waals surface area contributed by atoms with E-state index in [4.69, 9.17) is 0 Å². The third kappa shape index (κ3) is 3.34. The van der Waals surface area contributed by atoms with Crippen molar-refractivity contribution in [3.8, 4) is 0 Å². The summed E-state index contributed by atoms with van der Waals surface area (Å²) in [5.74, 6) is 0. The maximum absolute atomic E-state index is 4.44. The molecule has 0 amide bonds. The first kappa shape index (κ1) is 12.7. The van der Waals surface area contributed by atoms with Gasteiger partial charge < -0.3 is 5.32 Å². The van der Waals surface area contributed by atoms with Gasteiger partial charge in [-0.2, -0.15) is 0 Å². The average molecular weight is 312 g/mol. The van der Waals surface area contributed by atoms with Crippen molar-refractivity contribution in [3.63, 3.8) is 0 Å². The van der Waals surface area contributed by atoms with Crippen molar-refractivity contribution in [1.82, 2.24) is 15.3 Å². The summed E-state index contributed by atoms with van der Waals surface area (Å²) in [4.78, 5) is 9.96. The second-order valence-electron chi connectivity index (χ2n) is 3.85. The number of rotatable bonds is 4. The maximum Gasteiger partial charge on any atom is 0.106 e. The van der Waals surface area contributed by atoms with Gasteiger partial charge in [-0.05, 0) is 41.9 Å². The molecule has 3 nitrogen and oxygen atoms in total. The van der Waals surface area contributed by atoms with Crippen molar-refractivity contribution in [2.75, 3.05) is 0 Å². The fraction of sp³-hybridized carbons (Fsp3) is 0.333. The SMILES string of the molecule is Cc1ncsc1CN[C@H](C)c1cccc(Br)n1. The number of hydrogen-bond acceptors (Lipinski definition) is 4. The minimum Gasteiger partial charge on any atom is -0.304 e. The molecule has 0 fully saturated rings. The quantitative estimate of drug-likeness (QED) is 0.879. The van der Waals surface area contributed by atoms with E-state index in [-0.39, 0.29) is 6.04 Å². The summed E-state index contributed by atoms with van der Waals surface area (Å²) in [6.07, 6.45) is 0. The normalized spacial score (nSPS) is 12.6. The van der Waals surface area contributed by atoms with Crippen LogP contribution in [0.25, 0.3) is 0 Å². The largest absolute Gasteiger partial charge is 0.304 e. The number of aromatic nitrogens is 2. The van der Waals surface area contributed by atoms with Crippen LogP contribution in [0.3, 0.4) is 0 Å². The van der Waals surface area contributed by atoms with Gasteiger partial charge in [-0.25, -0.2) is 9.97 Å². The van der Waals surface area contributed by atoms with E-state index in [1.807, 2.05) is 30.6 Å². The van der Waals surface area contributed by atoms with Crippen LogP contribution in [0.15, 0.2) is 28.3 Å². The first-order valence-corrected chi connectivity index (χ1v) is 7.09. The van der Waals surface area contributed by atoms with E-state index in [0.717, 1.165) is 22.5 Å². The molecule has 0 bridgehead atoms. The van der Waals surface area contributed by atoms with Crippen LogP contribution < -0.4 is 5.32 Å². The molecule has 0 aliphatic rings. The van der Waals surface area contributed by atoms with Gasteiger partial charge >= 0.3 is 0 Å². The second kappa shape index (κ2) is 5.71. The summed E-state index contributed by atoms with van der Waals surface area (Å²) in [6, 6.07) is 6.20. The fourth-order valence-electron chi connectivity index (χ4n) is 1.51. The van der Waals surface area contributed by atoms with Gasteiger partial charge in [0.25, 0.3) is 0 Å². The lowest BCUT2D eigenvalue weighted by atomic mass is 10.2. The number of halogens is 1. The Balaban J connectivity index is 1.98. The Labute approximate surface area is 113 Å². The highest BCUT2D eigenvalue weighted by Gasteiger charge is 2.08. The first-order valence-electron chi connectivity index (χ1n) is 5.41. The third-order valence-electron chi connectivity index (χ3n) is 2.59. The fourth-order valence-corrected chi connectivity index (χ4v) is 2.60. The predicted molar refractivity (Wildman–Crippen MR) is 74.0 cm³/mol. The Bertz CT molecular complexity index is 498. The molecule has 0 spiro atoms. The number of nitrogens with one attached hydrogen (secondary N) is 1. The van der Waals surface area contributed by atoms with Gasteiger partial charge in [0.2, 0.25) is 0 Å². The lowest BCUT2D eigenvalue weighted by Crippen LogP contribution is -2.19. The van der Waals surface area contributed by atoms with Gasteiger partial charge in [-0.1, -0.05) is 6.07 Å². The first-order chi connectivity index (χ1) is 8.16. The Kier molecular flexibility index (Phi) is 4.25. The van der Waals surface area contributed by atoms with Crippen LogP contribution in [0.4, 0.5) is 0 Å².